The highest BCUT2D eigenvalue weighted by molar-refractivity contribution is 7.09. The van der Waals surface area contributed by atoms with Crippen molar-refractivity contribution in [3.8, 4) is 0 Å². The first-order valence-electron chi connectivity index (χ1n) is 5.09. The summed E-state index contributed by atoms with van der Waals surface area (Å²) in [6.07, 6.45) is 1.12. The van der Waals surface area contributed by atoms with Crippen LogP contribution >= 0.6 is 11.3 Å². The van der Waals surface area contributed by atoms with Gasteiger partial charge < -0.3 is 5.32 Å². The molecule has 1 rings (SSSR count). The first-order chi connectivity index (χ1) is 6.48. The van der Waals surface area contributed by atoms with E-state index >= 15 is 0 Å². The number of aryl methyl sites for hydroxylation is 1. The van der Waals surface area contributed by atoms with Gasteiger partial charge >= 0.3 is 0 Å². The highest BCUT2D eigenvalue weighted by Gasteiger charge is 2.28. The molecule has 0 bridgehead atoms. The van der Waals surface area contributed by atoms with E-state index in [0.29, 0.717) is 5.92 Å². The van der Waals surface area contributed by atoms with Crippen LogP contribution in [0.4, 0.5) is 0 Å². The van der Waals surface area contributed by atoms with E-state index in [4.69, 9.17) is 0 Å². The molecule has 0 aliphatic heterocycles. The summed E-state index contributed by atoms with van der Waals surface area (Å²) in [5.41, 5.74) is 1.16. The topological polar surface area (TPSA) is 24.9 Å². The molecule has 2 nitrogen and oxygen atoms in total. The van der Waals surface area contributed by atoms with E-state index in [2.05, 4.69) is 36.5 Å². The van der Waals surface area contributed by atoms with Crippen LogP contribution in [0.25, 0.3) is 0 Å². The lowest BCUT2D eigenvalue weighted by molar-refractivity contribution is 0.318. The van der Waals surface area contributed by atoms with E-state index in [1.54, 1.807) is 11.3 Å². The molecule has 3 heteroatoms. The first kappa shape index (κ1) is 11.7. The van der Waals surface area contributed by atoms with E-state index in [1.165, 1.54) is 5.01 Å². The lowest BCUT2D eigenvalue weighted by Gasteiger charge is -2.28. The Labute approximate surface area is 90.8 Å². The van der Waals surface area contributed by atoms with E-state index in [9.17, 15) is 0 Å². The molecular weight excluding hydrogens is 192 g/mol. The predicted octanol–water partition coefficient (Wildman–Crippen LogP) is 2.93. The van der Waals surface area contributed by atoms with Crippen molar-refractivity contribution < 1.29 is 0 Å². The Bertz CT molecular complexity index is 293. The first-order valence-corrected chi connectivity index (χ1v) is 5.97. The van der Waals surface area contributed by atoms with Gasteiger partial charge in [-0.1, -0.05) is 13.8 Å². The van der Waals surface area contributed by atoms with Gasteiger partial charge in [0.2, 0.25) is 0 Å². The van der Waals surface area contributed by atoms with Gasteiger partial charge in [0.25, 0.3) is 0 Å². The van der Waals surface area contributed by atoms with E-state index in [0.717, 1.165) is 12.1 Å². The quantitative estimate of drug-likeness (QED) is 0.830. The Morgan fingerprint density at radius 2 is 2.21 bits per heavy atom. The predicted molar refractivity (Wildman–Crippen MR) is 62.7 cm³/mol. The molecule has 80 valence electrons. The van der Waals surface area contributed by atoms with Gasteiger partial charge in [-0.3, -0.25) is 0 Å². The standard InChI is InChI=1S/C11H20N2S/c1-8(2)6-11(4,12-5)10-13-9(3)7-14-10/h7-8,12H,6H2,1-5H3. The van der Waals surface area contributed by atoms with Crippen LogP contribution in [0.2, 0.25) is 0 Å². The summed E-state index contributed by atoms with van der Waals surface area (Å²) in [7, 11) is 2.01. The van der Waals surface area contributed by atoms with Gasteiger partial charge in [-0.2, -0.15) is 0 Å². The largest absolute Gasteiger partial charge is 0.309 e. The second-order valence-corrected chi connectivity index (χ2v) is 5.33. The molecule has 0 aliphatic rings. The van der Waals surface area contributed by atoms with Gasteiger partial charge in [-0.15, -0.1) is 11.3 Å². The number of thiazole rings is 1. The number of hydrogen-bond donors (Lipinski definition) is 1. The number of hydrogen-bond acceptors (Lipinski definition) is 3. The van der Waals surface area contributed by atoms with Crippen LogP contribution in [0, 0.1) is 12.8 Å². The molecule has 1 aromatic rings. The summed E-state index contributed by atoms with van der Waals surface area (Å²) < 4.78 is 0. The Morgan fingerprint density at radius 1 is 1.57 bits per heavy atom. The molecule has 0 saturated carbocycles. The van der Waals surface area contributed by atoms with E-state index in [-0.39, 0.29) is 5.54 Å². The molecule has 1 unspecified atom stereocenters. The van der Waals surface area contributed by atoms with Crippen LogP contribution in [-0.2, 0) is 5.54 Å². The van der Waals surface area contributed by atoms with Crippen molar-refractivity contribution in [2.45, 2.75) is 39.7 Å². The van der Waals surface area contributed by atoms with Crippen molar-refractivity contribution in [1.82, 2.24) is 10.3 Å². The molecule has 0 spiro atoms. The third-order valence-corrected chi connectivity index (χ3v) is 3.68. The van der Waals surface area contributed by atoms with Crippen LogP contribution < -0.4 is 5.32 Å². The zero-order valence-electron chi connectivity index (χ0n) is 9.72. The Balaban J connectivity index is 2.89. The van der Waals surface area contributed by atoms with E-state index < -0.39 is 0 Å². The van der Waals surface area contributed by atoms with Crippen molar-refractivity contribution in [2.24, 2.45) is 5.92 Å². The Kier molecular flexibility index (Phi) is 3.67. The lowest BCUT2D eigenvalue weighted by Crippen LogP contribution is -2.38. The normalized spacial score (nSPS) is 15.9. The third kappa shape index (κ3) is 2.55. The highest BCUT2D eigenvalue weighted by atomic mass is 32.1. The minimum Gasteiger partial charge on any atom is -0.309 e. The molecule has 0 radical (unpaired) electrons. The van der Waals surface area contributed by atoms with Crippen molar-refractivity contribution in [3.63, 3.8) is 0 Å². The minimum absolute atomic E-state index is 0.0348. The maximum absolute atomic E-state index is 4.56. The van der Waals surface area contributed by atoms with Gasteiger partial charge in [-0.05, 0) is 33.2 Å². The Hall–Kier alpha value is -0.410. The maximum Gasteiger partial charge on any atom is 0.113 e. The number of nitrogens with zero attached hydrogens (tertiary/aromatic N) is 1. The average Bonchev–Trinajstić information content (AvgIpc) is 2.51. The lowest BCUT2D eigenvalue weighted by atomic mass is 9.91. The fourth-order valence-electron chi connectivity index (χ4n) is 1.72. The molecule has 0 aliphatic carbocycles. The van der Waals surface area contributed by atoms with Crippen LogP contribution in [0.5, 0.6) is 0 Å². The monoisotopic (exact) mass is 212 g/mol. The summed E-state index contributed by atoms with van der Waals surface area (Å²) in [5.74, 6) is 0.677. The molecule has 1 atom stereocenters. The minimum atomic E-state index is 0.0348. The molecule has 1 N–H and O–H groups in total. The smallest absolute Gasteiger partial charge is 0.113 e. The van der Waals surface area contributed by atoms with Crippen LogP contribution in [0.15, 0.2) is 5.38 Å². The summed E-state index contributed by atoms with van der Waals surface area (Å²) >= 11 is 1.75. The summed E-state index contributed by atoms with van der Waals surface area (Å²) in [6.45, 7) is 8.77. The fourth-order valence-corrected chi connectivity index (χ4v) is 2.70. The second kappa shape index (κ2) is 4.41. The van der Waals surface area contributed by atoms with Crippen LogP contribution in [0.1, 0.15) is 37.9 Å². The summed E-state index contributed by atoms with van der Waals surface area (Å²) in [6, 6.07) is 0. The van der Waals surface area contributed by atoms with Crippen LogP contribution in [0.3, 0.4) is 0 Å². The zero-order valence-corrected chi connectivity index (χ0v) is 10.5. The fraction of sp³-hybridized carbons (Fsp3) is 0.727. The molecule has 0 aromatic carbocycles. The summed E-state index contributed by atoms with van der Waals surface area (Å²) in [5, 5.41) is 6.70. The number of rotatable bonds is 4. The molecule has 0 saturated heterocycles. The molecular formula is C11H20N2S. The van der Waals surface area contributed by atoms with Crippen LogP contribution in [-0.4, -0.2) is 12.0 Å². The highest BCUT2D eigenvalue weighted by Crippen LogP contribution is 2.30. The Morgan fingerprint density at radius 3 is 2.57 bits per heavy atom. The number of aromatic nitrogens is 1. The zero-order chi connectivity index (χ0) is 10.8. The summed E-state index contributed by atoms with van der Waals surface area (Å²) in [4.78, 5) is 4.56. The van der Waals surface area contributed by atoms with Gasteiger partial charge in [-0.25, -0.2) is 4.98 Å². The van der Waals surface area contributed by atoms with Crippen molar-refractivity contribution in [2.75, 3.05) is 7.05 Å². The van der Waals surface area contributed by atoms with Crippen molar-refractivity contribution >= 4 is 11.3 Å². The van der Waals surface area contributed by atoms with Gasteiger partial charge in [0, 0.05) is 11.1 Å². The van der Waals surface area contributed by atoms with Crippen molar-refractivity contribution in [1.29, 1.82) is 0 Å². The third-order valence-electron chi connectivity index (χ3n) is 2.46. The molecule has 1 heterocycles. The molecule has 14 heavy (non-hydrogen) atoms. The molecule has 0 amide bonds. The second-order valence-electron chi connectivity index (χ2n) is 4.47. The number of nitrogens with one attached hydrogen (secondary N) is 1. The van der Waals surface area contributed by atoms with Gasteiger partial charge in [0.15, 0.2) is 0 Å². The van der Waals surface area contributed by atoms with Gasteiger partial charge in [0.05, 0.1) is 5.54 Å². The van der Waals surface area contributed by atoms with Crippen molar-refractivity contribution in [3.05, 3.63) is 16.1 Å². The van der Waals surface area contributed by atoms with E-state index in [1.807, 2.05) is 14.0 Å². The SMILES string of the molecule is CNC(C)(CC(C)C)c1nc(C)cs1. The molecule has 0 fully saturated rings. The average molecular weight is 212 g/mol. The molecule has 1 aromatic heterocycles. The maximum atomic E-state index is 4.56. The van der Waals surface area contributed by atoms with Gasteiger partial charge in [0.1, 0.15) is 5.01 Å².